The summed E-state index contributed by atoms with van der Waals surface area (Å²) in [4.78, 5) is 11.7. The highest BCUT2D eigenvalue weighted by Crippen LogP contribution is 2.37. The van der Waals surface area contributed by atoms with Crippen LogP contribution in [0.15, 0.2) is 18.2 Å². The van der Waals surface area contributed by atoms with E-state index >= 15 is 0 Å². The summed E-state index contributed by atoms with van der Waals surface area (Å²) in [5, 5.41) is 11.7. The van der Waals surface area contributed by atoms with Crippen molar-refractivity contribution in [1.82, 2.24) is 0 Å². The van der Waals surface area contributed by atoms with E-state index in [2.05, 4.69) is 11.4 Å². The van der Waals surface area contributed by atoms with Crippen molar-refractivity contribution in [2.75, 3.05) is 11.9 Å². The van der Waals surface area contributed by atoms with Crippen LogP contribution in [-0.2, 0) is 16.6 Å². The van der Waals surface area contributed by atoms with Crippen LogP contribution in [0, 0.1) is 0 Å². The van der Waals surface area contributed by atoms with Gasteiger partial charge >= 0.3 is 0 Å². The number of carbonyl (C=O) groups excluding carboxylic acids is 1. The highest BCUT2D eigenvalue weighted by atomic mass is 16.2. The molecule has 0 bridgehead atoms. The van der Waals surface area contributed by atoms with Crippen molar-refractivity contribution in [2.24, 2.45) is 0 Å². The molecule has 2 N–H and O–H groups in total. The summed E-state index contributed by atoms with van der Waals surface area (Å²) in [6.45, 7) is 4.08. The molecule has 2 rings (SSSR count). The third-order valence-corrected chi connectivity index (χ3v) is 3.20. The van der Waals surface area contributed by atoms with E-state index in [-0.39, 0.29) is 12.5 Å². The van der Waals surface area contributed by atoms with Crippen LogP contribution in [0.25, 0.3) is 0 Å². The van der Waals surface area contributed by atoms with E-state index in [1.807, 2.05) is 26.0 Å². The average molecular weight is 219 g/mol. The van der Waals surface area contributed by atoms with Gasteiger partial charge in [-0.15, -0.1) is 0 Å². The van der Waals surface area contributed by atoms with Crippen molar-refractivity contribution in [3.8, 4) is 0 Å². The first-order valence-electron chi connectivity index (χ1n) is 5.61. The van der Waals surface area contributed by atoms with Crippen molar-refractivity contribution in [3.05, 3.63) is 29.3 Å². The molecule has 0 fully saturated rings. The van der Waals surface area contributed by atoms with Gasteiger partial charge in [0, 0.05) is 12.3 Å². The third-order valence-electron chi connectivity index (χ3n) is 3.20. The van der Waals surface area contributed by atoms with Gasteiger partial charge in [0.1, 0.15) is 0 Å². The van der Waals surface area contributed by atoms with Gasteiger partial charge in [-0.1, -0.05) is 12.1 Å². The maximum absolute atomic E-state index is 11.7. The van der Waals surface area contributed by atoms with E-state index in [9.17, 15) is 4.79 Å². The number of nitrogens with one attached hydrogen (secondary N) is 1. The summed E-state index contributed by atoms with van der Waals surface area (Å²) in [6.07, 6.45) is 1.62. The van der Waals surface area contributed by atoms with E-state index < -0.39 is 5.41 Å². The summed E-state index contributed by atoms with van der Waals surface area (Å²) in [5.74, 6) is 0.0572. The molecule has 0 saturated carbocycles. The lowest BCUT2D eigenvalue weighted by Gasteiger charge is -2.15. The molecule has 3 heteroatoms. The number of rotatable bonds is 3. The van der Waals surface area contributed by atoms with Gasteiger partial charge in [0.15, 0.2) is 0 Å². The lowest BCUT2D eigenvalue weighted by Crippen LogP contribution is -2.26. The van der Waals surface area contributed by atoms with Gasteiger partial charge in [0.2, 0.25) is 5.91 Å². The van der Waals surface area contributed by atoms with Crippen molar-refractivity contribution in [3.63, 3.8) is 0 Å². The van der Waals surface area contributed by atoms with Crippen LogP contribution in [0.4, 0.5) is 5.69 Å². The number of aliphatic hydroxyl groups excluding tert-OH is 1. The normalized spacial score (nSPS) is 17.1. The molecular weight excluding hydrogens is 202 g/mol. The first-order chi connectivity index (χ1) is 7.55. The predicted molar refractivity (Wildman–Crippen MR) is 63.5 cm³/mol. The fourth-order valence-electron chi connectivity index (χ4n) is 2.06. The number of fused-ring (bicyclic) bond motifs is 1. The SMILES string of the molecule is CC1(C)C(=O)Nc2ccc(CCCO)cc21. The zero-order chi connectivity index (χ0) is 11.8. The Hall–Kier alpha value is -1.35. The van der Waals surface area contributed by atoms with E-state index in [4.69, 9.17) is 5.11 Å². The fourth-order valence-corrected chi connectivity index (χ4v) is 2.06. The van der Waals surface area contributed by atoms with Crippen LogP contribution in [-0.4, -0.2) is 17.6 Å². The molecule has 0 radical (unpaired) electrons. The zero-order valence-electron chi connectivity index (χ0n) is 9.71. The van der Waals surface area contributed by atoms with Crippen molar-refractivity contribution in [2.45, 2.75) is 32.1 Å². The second-order valence-corrected chi connectivity index (χ2v) is 4.79. The highest BCUT2D eigenvalue weighted by Gasteiger charge is 2.38. The molecule has 0 aliphatic carbocycles. The number of carbonyl (C=O) groups is 1. The lowest BCUT2D eigenvalue weighted by molar-refractivity contribution is -0.119. The summed E-state index contributed by atoms with van der Waals surface area (Å²) in [6, 6.07) is 6.04. The van der Waals surface area contributed by atoms with Gasteiger partial charge in [-0.25, -0.2) is 0 Å². The Morgan fingerprint density at radius 2 is 2.12 bits per heavy atom. The Labute approximate surface area is 95.5 Å². The minimum Gasteiger partial charge on any atom is -0.396 e. The number of anilines is 1. The lowest BCUT2D eigenvalue weighted by atomic mass is 9.85. The topological polar surface area (TPSA) is 49.3 Å². The average Bonchev–Trinajstić information content (AvgIpc) is 2.48. The van der Waals surface area contributed by atoms with Crippen LogP contribution in [0.5, 0.6) is 0 Å². The number of amides is 1. The zero-order valence-corrected chi connectivity index (χ0v) is 9.71. The minimum atomic E-state index is -0.440. The van der Waals surface area contributed by atoms with Gasteiger partial charge in [0.25, 0.3) is 0 Å². The van der Waals surface area contributed by atoms with E-state index in [0.717, 1.165) is 24.1 Å². The molecule has 3 nitrogen and oxygen atoms in total. The molecule has 1 aromatic rings. The van der Waals surface area contributed by atoms with E-state index in [1.165, 1.54) is 5.56 Å². The van der Waals surface area contributed by atoms with Crippen LogP contribution in [0.1, 0.15) is 31.4 Å². The van der Waals surface area contributed by atoms with Gasteiger partial charge < -0.3 is 10.4 Å². The summed E-state index contributed by atoms with van der Waals surface area (Å²) >= 11 is 0. The molecular formula is C13H17NO2. The standard InChI is InChI=1S/C13H17NO2/c1-13(2)10-8-9(4-3-7-15)5-6-11(10)14-12(13)16/h5-6,8,15H,3-4,7H2,1-2H3,(H,14,16). The number of aryl methyl sites for hydroxylation is 1. The van der Waals surface area contributed by atoms with Crippen LogP contribution >= 0.6 is 0 Å². The molecule has 1 aliphatic rings. The number of benzene rings is 1. The molecule has 1 aliphatic heterocycles. The Morgan fingerprint density at radius 1 is 1.38 bits per heavy atom. The van der Waals surface area contributed by atoms with Crippen molar-refractivity contribution < 1.29 is 9.90 Å². The Balaban J connectivity index is 2.33. The molecule has 0 saturated heterocycles. The van der Waals surface area contributed by atoms with E-state index in [0.29, 0.717) is 0 Å². The van der Waals surface area contributed by atoms with Crippen LogP contribution in [0.2, 0.25) is 0 Å². The van der Waals surface area contributed by atoms with Crippen LogP contribution < -0.4 is 5.32 Å². The summed E-state index contributed by atoms with van der Waals surface area (Å²) in [5.41, 5.74) is 2.72. The predicted octanol–water partition coefficient (Wildman–Crippen LogP) is 1.84. The number of aliphatic hydroxyl groups is 1. The molecule has 86 valence electrons. The molecule has 0 aromatic heterocycles. The molecule has 1 amide bonds. The molecule has 16 heavy (non-hydrogen) atoms. The first kappa shape index (κ1) is 11.1. The summed E-state index contributed by atoms with van der Waals surface area (Å²) < 4.78 is 0. The van der Waals surface area contributed by atoms with E-state index in [1.54, 1.807) is 0 Å². The largest absolute Gasteiger partial charge is 0.396 e. The quantitative estimate of drug-likeness (QED) is 0.815. The van der Waals surface area contributed by atoms with Crippen molar-refractivity contribution >= 4 is 11.6 Å². The second-order valence-electron chi connectivity index (χ2n) is 4.79. The highest BCUT2D eigenvalue weighted by molar-refractivity contribution is 6.05. The molecule has 0 unspecified atom stereocenters. The van der Waals surface area contributed by atoms with Gasteiger partial charge in [-0.3, -0.25) is 4.79 Å². The molecule has 1 aromatic carbocycles. The maximum Gasteiger partial charge on any atom is 0.234 e. The monoisotopic (exact) mass is 219 g/mol. The summed E-state index contributed by atoms with van der Waals surface area (Å²) in [7, 11) is 0. The van der Waals surface area contributed by atoms with Crippen LogP contribution in [0.3, 0.4) is 0 Å². The number of hydrogen-bond donors (Lipinski definition) is 2. The number of hydrogen-bond acceptors (Lipinski definition) is 2. The van der Waals surface area contributed by atoms with Crippen molar-refractivity contribution in [1.29, 1.82) is 0 Å². The third kappa shape index (κ3) is 1.71. The minimum absolute atomic E-state index is 0.0572. The van der Waals surface area contributed by atoms with Gasteiger partial charge in [0.05, 0.1) is 5.41 Å². The Bertz CT molecular complexity index is 424. The Morgan fingerprint density at radius 3 is 2.81 bits per heavy atom. The Kier molecular flexibility index (Phi) is 2.72. The molecule has 0 spiro atoms. The maximum atomic E-state index is 11.7. The van der Waals surface area contributed by atoms with Gasteiger partial charge in [-0.05, 0) is 43.9 Å². The van der Waals surface area contributed by atoms with Gasteiger partial charge in [-0.2, -0.15) is 0 Å². The molecule has 0 atom stereocenters. The second kappa shape index (κ2) is 3.91. The first-order valence-corrected chi connectivity index (χ1v) is 5.61. The smallest absolute Gasteiger partial charge is 0.234 e. The fraction of sp³-hybridized carbons (Fsp3) is 0.462. The molecule has 1 heterocycles.